The number of benzene rings is 1. The summed E-state index contributed by atoms with van der Waals surface area (Å²) in [6.07, 6.45) is 0. The van der Waals surface area contributed by atoms with Crippen LogP contribution in [0.25, 0.3) is 0 Å². The molecular weight excluding hydrogens is 285 g/mol. The van der Waals surface area contributed by atoms with Gasteiger partial charge in [0.05, 0.1) is 4.90 Å². The van der Waals surface area contributed by atoms with E-state index in [1.165, 1.54) is 13.8 Å². The summed E-state index contributed by atoms with van der Waals surface area (Å²) in [4.78, 5) is 0.0469. The molecule has 1 aromatic carbocycles. The van der Waals surface area contributed by atoms with Crippen molar-refractivity contribution in [1.82, 2.24) is 4.72 Å². The van der Waals surface area contributed by atoms with Crippen molar-refractivity contribution in [3.63, 3.8) is 0 Å². The average molecular weight is 303 g/mol. The van der Waals surface area contributed by atoms with E-state index in [9.17, 15) is 12.8 Å². The van der Waals surface area contributed by atoms with Gasteiger partial charge in [0.25, 0.3) is 0 Å². The normalized spacial score (nSPS) is 14.3. The van der Waals surface area contributed by atoms with Crippen molar-refractivity contribution >= 4 is 15.9 Å². The Balaban J connectivity index is 3.02. The maximum absolute atomic E-state index is 13.2. The Kier molecular flexibility index (Phi) is 5.07. The van der Waals surface area contributed by atoms with Crippen molar-refractivity contribution in [2.75, 3.05) is 6.54 Å². The third kappa shape index (κ3) is 3.67. The highest BCUT2D eigenvalue weighted by molar-refractivity contribution is 7.89. The van der Waals surface area contributed by atoms with Crippen LogP contribution in [0.3, 0.4) is 0 Å². The largest absolute Gasteiger partial charge is 0.409 e. The molecule has 0 fully saturated rings. The summed E-state index contributed by atoms with van der Waals surface area (Å²) in [5.41, 5.74) is 6.03. The molecule has 0 heterocycles. The summed E-state index contributed by atoms with van der Waals surface area (Å²) in [5.74, 6) is -1.01. The fourth-order valence-electron chi connectivity index (χ4n) is 1.83. The van der Waals surface area contributed by atoms with Crippen molar-refractivity contribution in [1.29, 1.82) is 0 Å². The van der Waals surface area contributed by atoms with Gasteiger partial charge in [0.2, 0.25) is 10.0 Å². The quantitative estimate of drug-likeness (QED) is 0.328. The Morgan fingerprint density at radius 2 is 1.95 bits per heavy atom. The molecule has 0 spiro atoms. The monoisotopic (exact) mass is 303 g/mol. The molecule has 4 N–H and O–H groups in total. The summed E-state index contributed by atoms with van der Waals surface area (Å²) in [6.45, 7) is 4.64. The minimum atomic E-state index is -3.78. The fraction of sp³-hybridized carbons (Fsp3) is 0.417. The fourth-order valence-corrected chi connectivity index (χ4v) is 3.41. The first kappa shape index (κ1) is 16.4. The highest BCUT2D eigenvalue weighted by atomic mass is 32.2. The topological polar surface area (TPSA) is 105 Å². The zero-order valence-corrected chi connectivity index (χ0v) is 12.3. The van der Waals surface area contributed by atoms with Crippen LogP contribution in [0.5, 0.6) is 0 Å². The molecule has 0 saturated heterocycles. The number of nitrogens with one attached hydrogen (secondary N) is 1. The summed E-state index contributed by atoms with van der Waals surface area (Å²) in [6, 6.07) is 2.32. The molecule has 1 aromatic rings. The smallest absolute Gasteiger partial charge is 0.241 e. The number of rotatable bonds is 5. The Morgan fingerprint density at radius 3 is 2.40 bits per heavy atom. The minimum Gasteiger partial charge on any atom is -0.409 e. The third-order valence-electron chi connectivity index (χ3n) is 2.89. The van der Waals surface area contributed by atoms with Crippen LogP contribution in [0.2, 0.25) is 0 Å². The molecule has 0 saturated carbocycles. The standard InChI is InChI=1S/C12H18FN3O3S/c1-7-4-10(13)5-8(2)11(7)20(18,19)15-6-9(3)12(14)16-17/h4-5,9,15,17H,6H2,1-3H3,(H2,14,16). The predicted octanol–water partition coefficient (Wildman–Crippen LogP) is 1.10. The van der Waals surface area contributed by atoms with Gasteiger partial charge in [0.15, 0.2) is 0 Å². The predicted molar refractivity (Wildman–Crippen MR) is 73.6 cm³/mol. The number of nitrogens with zero attached hydrogens (tertiary/aromatic N) is 1. The second-order valence-corrected chi connectivity index (χ2v) is 6.35. The molecule has 1 unspecified atom stereocenters. The molecule has 1 atom stereocenters. The van der Waals surface area contributed by atoms with E-state index in [-0.39, 0.29) is 17.3 Å². The van der Waals surface area contributed by atoms with E-state index < -0.39 is 21.8 Å². The van der Waals surface area contributed by atoms with Gasteiger partial charge in [-0.25, -0.2) is 17.5 Å². The minimum absolute atomic E-state index is 0.0194. The van der Waals surface area contributed by atoms with Gasteiger partial charge in [0, 0.05) is 12.5 Å². The Morgan fingerprint density at radius 1 is 1.45 bits per heavy atom. The molecule has 1 rings (SSSR count). The molecule has 0 radical (unpaired) electrons. The van der Waals surface area contributed by atoms with Gasteiger partial charge in [-0.15, -0.1) is 0 Å². The molecule has 0 bridgehead atoms. The molecule has 0 amide bonds. The lowest BCUT2D eigenvalue weighted by molar-refractivity contribution is 0.314. The van der Waals surface area contributed by atoms with Crippen LogP contribution in [0, 0.1) is 25.6 Å². The van der Waals surface area contributed by atoms with Gasteiger partial charge in [-0.05, 0) is 37.1 Å². The number of hydrogen-bond acceptors (Lipinski definition) is 4. The maximum Gasteiger partial charge on any atom is 0.241 e. The van der Waals surface area contributed by atoms with Crippen molar-refractivity contribution in [2.45, 2.75) is 25.7 Å². The third-order valence-corrected chi connectivity index (χ3v) is 4.62. The first-order valence-electron chi connectivity index (χ1n) is 5.93. The second-order valence-electron chi connectivity index (χ2n) is 4.65. The van der Waals surface area contributed by atoms with Gasteiger partial charge in [-0.3, -0.25) is 0 Å². The van der Waals surface area contributed by atoms with E-state index in [4.69, 9.17) is 10.9 Å². The van der Waals surface area contributed by atoms with Gasteiger partial charge in [-0.1, -0.05) is 12.1 Å². The second kappa shape index (κ2) is 6.19. The zero-order chi connectivity index (χ0) is 15.5. The van der Waals surface area contributed by atoms with E-state index in [1.807, 2.05) is 0 Å². The van der Waals surface area contributed by atoms with Crippen LogP contribution < -0.4 is 10.5 Å². The number of sulfonamides is 1. The number of hydrogen-bond donors (Lipinski definition) is 3. The van der Waals surface area contributed by atoms with Crippen LogP contribution in [-0.2, 0) is 10.0 Å². The molecule has 20 heavy (non-hydrogen) atoms. The molecule has 0 aliphatic heterocycles. The van der Waals surface area contributed by atoms with E-state index in [0.717, 1.165) is 12.1 Å². The number of nitrogens with two attached hydrogens (primary N) is 1. The molecular formula is C12H18FN3O3S. The van der Waals surface area contributed by atoms with Crippen LogP contribution >= 0.6 is 0 Å². The molecule has 6 nitrogen and oxygen atoms in total. The maximum atomic E-state index is 13.2. The molecule has 0 aromatic heterocycles. The average Bonchev–Trinajstić information content (AvgIpc) is 2.33. The lowest BCUT2D eigenvalue weighted by Crippen LogP contribution is -2.35. The summed E-state index contributed by atoms with van der Waals surface area (Å²) in [7, 11) is -3.78. The summed E-state index contributed by atoms with van der Waals surface area (Å²) < 4.78 is 40.0. The van der Waals surface area contributed by atoms with Crippen molar-refractivity contribution in [2.24, 2.45) is 16.8 Å². The van der Waals surface area contributed by atoms with Crippen LogP contribution in [0.4, 0.5) is 4.39 Å². The van der Waals surface area contributed by atoms with E-state index in [1.54, 1.807) is 6.92 Å². The van der Waals surface area contributed by atoms with Crippen LogP contribution in [0.15, 0.2) is 22.2 Å². The van der Waals surface area contributed by atoms with E-state index >= 15 is 0 Å². The first-order valence-corrected chi connectivity index (χ1v) is 7.41. The van der Waals surface area contributed by atoms with Gasteiger partial charge in [-0.2, -0.15) is 0 Å². The molecule has 8 heteroatoms. The van der Waals surface area contributed by atoms with Crippen LogP contribution in [-0.4, -0.2) is 26.0 Å². The Hall–Kier alpha value is -1.67. The van der Waals surface area contributed by atoms with Crippen molar-refractivity contribution < 1.29 is 18.0 Å². The highest BCUT2D eigenvalue weighted by Crippen LogP contribution is 2.21. The molecule has 0 aliphatic carbocycles. The number of oxime groups is 1. The Bertz CT molecular complexity index is 606. The van der Waals surface area contributed by atoms with E-state index in [2.05, 4.69) is 9.88 Å². The zero-order valence-electron chi connectivity index (χ0n) is 11.5. The van der Waals surface area contributed by atoms with Crippen molar-refractivity contribution in [3.8, 4) is 0 Å². The lowest BCUT2D eigenvalue weighted by Gasteiger charge is -2.14. The van der Waals surface area contributed by atoms with Crippen molar-refractivity contribution in [3.05, 3.63) is 29.1 Å². The SMILES string of the molecule is Cc1cc(F)cc(C)c1S(=O)(=O)NCC(C)C(N)=NO. The van der Waals surface area contributed by atoms with E-state index in [0.29, 0.717) is 11.1 Å². The molecule has 0 aliphatic rings. The first-order chi connectivity index (χ1) is 9.19. The van der Waals surface area contributed by atoms with Gasteiger partial charge >= 0.3 is 0 Å². The lowest BCUT2D eigenvalue weighted by atomic mass is 10.1. The van der Waals surface area contributed by atoms with Crippen LogP contribution in [0.1, 0.15) is 18.1 Å². The molecule has 112 valence electrons. The summed E-state index contributed by atoms with van der Waals surface area (Å²) >= 11 is 0. The summed E-state index contributed by atoms with van der Waals surface area (Å²) in [5, 5.41) is 11.3. The number of halogens is 1. The van der Waals surface area contributed by atoms with Gasteiger partial charge in [0.1, 0.15) is 11.7 Å². The van der Waals surface area contributed by atoms with Gasteiger partial charge < -0.3 is 10.9 Å². The number of aryl methyl sites for hydroxylation is 2. The Labute approximate surface area is 117 Å². The highest BCUT2D eigenvalue weighted by Gasteiger charge is 2.21. The number of amidine groups is 1.